The summed E-state index contributed by atoms with van der Waals surface area (Å²) in [5, 5.41) is 15.7. The van der Waals surface area contributed by atoms with Gasteiger partial charge in [0.25, 0.3) is 0 Å². The summed E-state index contributed by atoms with van der Waals surface area (Å²) < 4.78 is 6.62. The van der Waals surface area contributed by atoms with Gasteiger partial charge in [0.15, 0.2) is 5.13 Å². The molecule has 9 nitrogen and oxygen atoms in total. The van der Waals surface area contributed by atoms with E-state index in [1.54, 1.807) is 7.11 Å². The van der Waals surface area contributed by atoms with Gasteiger partial charge in [-0.15, -0.1) is 11.3 Å². The number of ether oxygens (including phenoxy) is 1. The summed E-state index contributed by atoms with van der Waals surface area (Å²) in [6.45, 7) is 0.295. The van der Waals surface area contributed by atoms with Crippen LogP contribution in [0.4, 0.5) is 10.9 Å². The number of carbonyl (C=O) groups excluding carboxylic acids is 1. The summed E-state index contributed by atoms with van der Waals surface area (Å²) in [7, 11) is 1.60. The second-order valence-electron chi connectivity index (χ2n) is 5.29. The van der Waals surface area contributed by atoms with Crippen molar-refractivity contribution in [3.8, 4) is 17.0 Å². The normalized spacial score (nSPS) is 10.5. The van der Waals surface area contributed by atoms with Gasteiger partial charge in [0.1, 0.15) is 11.9 Å². The Labute approximate surface area is 152 Å². The highest BCUT2D eigenvalue weighted by atomic mass is 32.1. The highest BCUT2D eigenvalue weighted by Gasteiger charge is 2.12. The fourth-order valence-corrected chi connectivity index (χ4v) is 2.94. The number of nitrogens with zero attached hydrogens (tertiary/aromatic N) is 4. The minimum Gasteiger partial charge on any atom is -0.497 e. The van der Waals surface area contributed by atoms with Gasteiger partial charge in [-0.05, 0) is 34.2 Å². The van der Waals surface area contributed by atoms with Crippen LogP contribution in [0, 0.1) is 10.1 Å². The van der Waals surface area contributed by atoms with Crippen molar-refractivity contribution in [2.45, 2.75) is 13.0 Å². The van der Waals surface area contributed by atoms with Gasteiger partial charge >= 0.3 is 5.82 Å². The molecule has 0 aliphatic heterocycles. The van der Waals surface area contributed by atoms with Gasteiger partial charge in [0.2, 0.25) is 12.2 Å². The van der Waals surface area contributed by atoms with E-state index in [0.29, 0.717) is 11.7 Å². The molecule has 0 bridgehead atoms. The quantitative estimate of drug-likeness (QED) is 0.503. The summed E-state index contributed by atoms with van der Waals surface area (Å²) in [5.41, 5.74) is 1.69. The van der Waals surface area contributed by atoms with Crippen LogP contribution in [0.5, 0.6) is 5.75 Å². The van der Waals surface area contributed by atoms with Gasteiger partial charge in [-0.3, -0.25) is 4.79 Å². The van der Waals surface area contributed by atoms with Crippen molar-refractivity contribution < 1.29 is 14.5 Å². The van der Waals surface area contributed by atoms with Gasteiger partial charge < -0.3 is 24.7 Å². The molecule has 0 aliphatic rings. The highest BCUT2D eigenvalue weighted by molar-refractivity contribution is 7.14. The third-order valence-corrected chi connectivity index (χ3v) is 4.30. The minimum absolute atomic E-state index is 0.158. The van der Waals surface area contributed by atoms with Crippen molar-refractivity contribution in [1.82, 2.24) is 14.5 Å². The third kappa shape index (κ3) is 4.22. The molecule has 134 valence electrons. The first-order valence-corrected chi connectivity index (χ1v) is 8.49. The number of carbonyl (C=O) groups is 1. The molecule has 0 unspecified atom stereocenters. The first kappa shape index (κ1) is 17.5. The van der Waals surface area contributed by atoms with Crippen LogP contribution < -0.4 is 10.1 Å². The molecule has 3 aromatic rings. The Hall–Kier alpha value is -3.27. The first-order valence-electron chi connectivity index (χ1n) is 7.61. The number of amides is 1. The van der Waals surface area contributed by atoms with Crippen molar-refractivity contribution in [1.29, 1.82) is 0 Å². The SMILES string of the molecule is COc1ccc(-c2csc(NC(=O)CCn3cnc([N+](=O)[O-])c3)n2)cc1. The molecule has 0 saturated heterocycles. The number of thiazole rings is 1. The average molecular weight is 373 g/mol. The first-order chi connectivity index (χ1) is 12.5. The number of nitro groups is 1. The molecular formula is C16H15N5O4S. The van der Waals surface area contributed by atoms with E-state index in [1.165, 1.54) is 28.4 Å². The molecule has 1 amide bonds. The Bertz CT molecular complexity index is 919. The van der Waals surface area contributed by atoms with E-state index >= 15 is 0 Å². The van der Waals surface area contributed by atoms with Crippen LogP contribution in [0.25, 0.3) is 11.3 Å². The third-order valence-electron chi connectivity index (χ3n) is 3.54. The fourth-order valence-electron chi connectivity index (χ4n) is 2.20. The summed E-state index contributed by atoms with van der Waals surface area (Å²) in [6.07, 6.45) is 2.78. The van der Waals surface area contributed by atoms with E-state index in [1.807, 2.05) is 29.6 Å². The monoisotopic (exact) mass is 373 g/mol. The molecule has 26 heavy (non-hydrogen) atoms. The Morgan fingerprint density at radius 1 is 1.38 bits per heavy atom. The van der Waals surface area contributed by atoms with Crippen LogP contribution >= 0.6 is 11.3 Å². The number of hydrogen-bond donors (Lipinski definition) is 1. The lowest BCUT2D eigenvalue weighted by Crippen LogP contribution is -2.13. The second-order valence-corrected chi connectivity index (χ2v) is 6.15. The highest BCUT2D eigenvalue weighted by Crippen LogP contribution is 2.26. The number of aryl methyl sites for hydroxylation is 1. The van der Waals surface area contributed by atoms with E-state index in [-0.39, 0.29) is 18.1 Å². The number of aromatic nitrogens is 3. The van der Waals surface area contributed by atoms with E-state index in [4.69, 9.17) is 4.74 Å². The molecule has 3 rings (SSSR count). The lowest BCUT2D eigenvalue weighted by molar-refractivity contribution is -0.389. The Balaban J connectivity index is 1.55. The number of hydrogen-bond acceptors (Lipinski definition) is 7. The molecule has 2 aromatic heterocycles. The van der Waals surface area contributed by atoms with Crippen molar-refractivity contribution in [2.24, 2.45) is 0 Å². The number of nitrogens with one attached hydrogen (secondary N) is 1. The van der Waals surface area contributed by atoms with Gasteiger partial charge in [0, 0.05) is 23.9 Å². The number of rotatable bonds is 7. The summed E-state index contributed by atoms with van der Waals surface area (Å²) in [6, 6.07) is 7.48. The molecule has 0 atom stereocenters. The zero-order chi connectivity index (χ0) is 18.5. The maximum atomic E-state index is 12.0. The molecule has 0 spiro atoms. The fraction of sp³-hybridized carbons (Fsp3) is 0.188. The predicted molar refractivity (Wildman–Crippen MR) is 96.2 cm³/mol. The van der Waals surface area contributed by atoms with Crippen LogP contribution in [-0.4, -0.2) is 32.5 Å². The minimum atomic E-state index is -0.577. The van der Waals surface area contributed by atoms with E-state index in [0.717, 1.165) is 17.0 Å². The Morgan fingerprint density at radius 2 is 2.15 bits per heavy atom. The zero-order valence-corrected chi connectivity index (χ0v) is 14.6. The van der Waals surface area contributed by atoms with Crippen LogP contribution in [0.2, 0.25) is 0 Å². The van der Waals surface area contributed by atoms with Crippen LogP contribution in [0.1, 0.15) is 6.42 Å². The smallest absolute Gasteiger partial charge is 0.381 e. The van der Waals surface area contributed by atoms with E-state index < -0.39 is 4.92 Å². The van der Waals surface area contributed by atoms with Crippen LogP contribution in [-0.2, 0) is 11.3 Å². The Morgan fingerprint density at radius 3 is 2.81 bits per heavy atom. The molecular weight excluding hydrogens is 358 g/mol. The number of methoxy groups -OCH3 is 1. The average Bonchev–Trinajstić information content (AvgIpc) is 3.30. The maximum absolute atomic E-state index is 12.0. The molecule has 10 heteroatoms. The maximum Gasteiger partial charge on any atom is 0.381 e. The second kappa shape index (κ2) is 7.74. The zero-order valence-electron chi connectivity index (χ0n) is 13.8. The number of anilines is 1. The largest absolute Gasteiger partial charge is 0.497 e. The molecule has 0 aliphatic carbocycles. The summed E-state index contributed by atoms with van der Waals surface area (Å²) in [4.78, 5) is 30.1. The van der Waals surface area contributed by atoms with Crippen molar-refractivity contribution >= 4 is 28.2 Å². The van der Waals surface area contributed by atoms with Gasteiger partial charge in [-0.1, -0.05) is 0 Å². The van der Waals surface area contributed by atoms with Crippen LogP contribution in [0.15, 0.2) is 42.2 Å². The molecule has 0 saturated carbocycles. The van der Waals surface area contributed by atoms with Crippen molar-refractivity contribution in [2.75, 3.05) is 12.4 Å². The number of benzene rings is 1. The van der Waals surface area contributed by atoms with Gasteiger partial charge in [0.05, 0.1) is 12.8 Å². The van der Waals surface area contributed by atoms with Gasteiger partial charge in [-0.25, -0.2) is 4.98 Å². The van der Waals surface area contributed by atoms with E-state index in [9.17, 15) is 14.9 Å². The van der Waals surface area contributed by atoms with Crippen molar-refractivity contribution in [3.63, 3.8) is 0 Å². The molecule has 1 aromatic carbocycles. The Kier molecular flexibility index (Phi) is 5.23. The lowest BCUT2D eigenvalue weighted by atomic mass is 10.2. The molecule has 1 N–H and O–H groups in total. The summed E-state index contributed by atoms with van der Waals surface area (Å²) >= 11 is 1.33. The predicted octanol–water partition coefficient (Wildman–Crippen LogP) is 2.95. The van der Waals surface area contributed by atoms with E-state index in [2.05, 4.69) is 15.3 Å². The summed E-state index contributed by atoms with van der Waals surface area (Å²) in [5.74, 6) is 0.295. The van der Waals surface area contributed by atoms with Gasteiger partial charge in [-0.2, -0.15) is 0 Å². The molecule has 0 radical (unpaired) electrons. The standard InChI is InChI=1S/C16H15N5O4S/c1-25-12-4-2-11(3-5-12)13-9-26-16(18-13)19-15(22)6-7-20-8-14(17-10-20)21(23)24/h2-5,8-10H,6-7H2,1H3,(H,18,19,22). The topological polar surface area (TPSA) is 112 Å². The van der Waals surface area contributed by atoms with Crippen LogP contribution in [0.3, 0.4) is 0 Å². The molecule has 0 fully saturated rings. The lowest BCUT2D eigenvalue weighted by Gasteiger charge is -2.02. The number of imidazole rings is 1. The van der Waals surface area contributed by atoms with Crippen molar-refractivity contribution in [3.05, 3.63) is 52.3 Å². The molecule has 2 heterocycles.